The molecule has 2 atom stereocenters. The first-order valence-electron chi connectivity index (χ1n) is 14.6. The van der Waals surface area contributed by atoms with Gasteiger partial charge in [0.1, 0.15) is 0 Å². The van der Waals surface area contributed by atoms with E-state index in [9.17, 15) is 0 Å². The van der Waals surface area contributed by atoms with Gasteiger partial charge in [-0.3, -0.25) is 0 Å². The van der Waals surface area contributed by atoms with E-state index in [1.807, 2.05) is 0 Å². The van der Waals surface area contributed by atoms with Crippen molar-refractivity contribution in [1.29, 1.82) is 0 Å². The van der Waals surface area contributed by atoms with Gasteiger partial charge in [-0.15, -0.1) is 0 Å². The Kier molecular flexibility index (Phi) is 14.2. The summed E-state index contributed by atoms with van der Waals surface area (Å²) in [7, 11) is 0. The van der Waals surface area contributed by atoms with Gasteiger partial charge in [0.15, 0.2) is 0 Å². The first-order chi connectivity index (χ1) is 17.1. The Balaban J connectivity index is 2.53. The van der Waals surface area contributed by atoms with Crippen LogP contribution in [0.3, 0.4) is 0 Å². The van der Waals surface area contributed by atoms with Crippen molar-refractivity contribution in [1.82, 2.24) is 0 Å². The van der Waals surface area contributed by atoms with E-state index in [1.54, 1.807) is 0 Å². The first kappa shape index (κ1) is 30.1. The number of unbranched alkanes of at least 4 members (excludes halogenated alkanes) is 2. The second-order valence-corrected chi connectivity index (χ2v) is 19.4. The molecule has 2 nitrogen and oxygen atoms in total. The van der Waals surface area contributed by atoms with Gasteiger partial charge in [-0.2, -0.15) is 0 Å². The summed E-state index contributed by atoms with van der Waals surface area (Å²) in [5, 5.41) is 0. The Labute approximate surface area is 222 Å². The van der Waals surface area contributed by atoms with Gasteiger partial charge in [-0.1, -0.05) is 0 Å². The van der Waals surface area contributed by atoms with Crippen LogP contribution in [0.4, 0.5) is 0 Å². The monoisotopic (exact) mass is 588 g/mol. The van der Waals surface area contributed by atoms with Crippen LogP contribution in [0.1, 0.15) is 129 Å². The van der Waals surface area contributed by atoms with Gasteiger partial charge < -0.3 is 0 Å². The average molecular weight is 587 g/mol. The first-order valence-corrected chi connectivity index (χ1v) is 21.0. The van der Waals surface area contributed by atoms with Crippen molar-refractivity contribution in [3.05, 3.63) is 59.7 Å². The normalized spacial score (nSPS) is 13.4. The average Bonchev–Trinajstić information content (AvgIpc) is 2.89. The van der Waals surface area contributed by atoms with E-state index in [1.165, 1.54) is 62.5 Å². The van der Waals surface area contributed by atoms with Crippen LogP contribution in [0.5, 0.6) is 11.5 Å². The standard InChI is InChI=1S/2C12H18O.2C4H9.Sn/c2*1-3-7-10(4-2)11-8-5-6-9-12(11)13;2*1-3-4-2;/h2*5-6,8-10,13H,3-4,7H2,1-2H3;2*1,3-4H2,2H3;/q;;;;+2/p-2. The summed E-state index contributed by atoms with van der Waals surface area (Å²) < 4.78 is 16.8. The molecule has 0 aliphatic heterocycles. The fourth-order valence-corrected chi connectivity index (χ4v) is 15.8. The van der Waals surface area contributed by atoms with E-state index < -0.39 is 19.2 Å². The quantitative estimate of drug-likeness (QED) is 0.162. The third kappa shape index (κ3) is 9.02. The van der Waals surface area contributed by atoms with Gasteiger partial charge in [-0.25, -0.2) is 0 Å². The summed E-state index contributed by atoms with van der Waals surface area (Å²) in [6.07, 6.45) is 11.9. The molecule has 2 aromatic rings. The Morgan fingerprint density at radius 1 is 0.571 bits per heavy atom. The number of hydrogen-bond donors (Lipinski definition) is 0. The van der Waals surface area contributed by atoms with Crippen LogP contribution in [0.2, 0.25) is 8.87 Å². The molecule has 0 heterocycles. The van der Waals surface area contributed by atoms with E-state index in [-0.39, 0.29) is 0 Å². The molecule has 35 heavy (non-hydrogen) atoms. The van der Waals surface area contributed by atoms with Crippen LogP contribution in [-0.2, 0) is 0 Å². The number of benzene rings is 2. The van der Waals surface area contributed by atoms with Crippen molar-refractivity contribution in [3.63, 3.8) is 0 Å². The number of hydrogen-bond acceptors (Lipinski definition) is 2. The molecule has 0 amide bonds. The molecule has 0 bridgehead atoms. The van der Waals surface area contributed by atoms with Crippen LogP contribution >= 0.6 is 0 Å². The summed E-state index contributed by atoms with van der Waals surface area (Å²) in [6, 6.07) is 17.7. The topological polar surface area (TPSA) is 18.5 Å². The Hall–Kier alpha value is -1.16. The molecule has 0 N–H and O–H groups in total. The summed E-state index contributed by atoms with van der Waals surface area (Å²) in [4.78, 5) is 0. The second kappa shape index (κ2) is 16.6. The van der Waals surface area contributed by atoms with Gasteiger partial charge >= 0.3 is 223 Å². The third-order valence-electron chi connectivity index (χ3n) is 7.39. The summed E-state index contributed by atoms with van der Waals surface area (Å²) >= 11 is -3.52. The number of para-hydroxylation sites is 2. The minimum absolute atomic E-state index is 0.554. The van der Waals surface area contributed by atoms with Gasteiger partial charge in [0.05, 0.1) is 0 Å². The fraction of sp³-hybridized carbons (Fsp3) is 0.625. The van der Waals surface area contributed by atoms with Crippen molar-refractivity contribution in [2.24, 2.45) is 0 Å². The summed E-state index contributed by atoms with van der Waals surface area (Å²) in [6.45, 7) is 13.8. The molecule has 0 radical (unpaired) electrons. The Bertz CT molecular complexity index is 764. The van der Waals surface area contributed by atoms with Crippen molar-refractivity contribution in [2.75, 3.05) is 0 Å². The zero-order chi connectivity index (χ0) is 25.5. The maximum atomic E-state index is 7.29. The van der Waals surface area contributed by atoms with Crippen LogP contribution in [0, 0.1) is 0 Å². The van der Waals surface area contributed by atoms with Crippen molar-refractivity contribution in [3.8, 4) is 11.5 Å². The molecule has 196 valence electrons. The molecule has 0 fully saturated rings. The molecule has 0 aliphatic rings. The fourth-order valence-electron chi connectivity index (χ4n) is 5.32. The zero-order valence-corrected chi connectivity index (χ0v) is 26.4. The van der Waals surface area contributed by atoms with Gasteiger partial charge in [-0.05, 0) is 0 Å². The molecular formula is C32H52O2Sn. The predicted molar refractivity (Wildman–Crippen MR) is 155 cm³/mol. The summed E-state index contributed by atoms with van der Waals surface area (Å²) in [5.41, 5.74) is 2.78. The SMILES string of the molecule is CCC[CH2][Sn]([CH2]CCC)([O]c1ccccc1C(CC)CCC)[O]c1ccccc1C(CC)CCC. The molecule has 0 saturated carbocycles. The maximum absolute atomic E-state index is 7.29. The van der Waals surface area contributed by atoms with E-state index in [4.69, 9.17) is 6.15 Å². The van der Waals surface area contributed by atoms with Crippen LogP contribution in [0.15, 0.2) is 48.5 Å². The van der Waals surface area contributed by atoms with E-state index >= 15 is 0 Å². The van der Waals surface area contributed by atoms with E-state index in [0.29, 0.717) is 11.8 Å². The number of rotatable bonds is 18. The minimum atomic E-state index is -3.52. The van der Waals surface area contributed by atoms with Gasteiger partial charge in [0, 0.05) is 0 Å². The molecule has 2 rings (SSSR count). The van der Waals surface area contributed by atoms with Crippen molar-refractivity contribution in [2.45, 2.75) is 126 Å². The van der Waals surface area contributed by atoms with E-state index in [0.717, 1.165) is 33.2 Å². The molecule has 3 heteroatoms. The molecule has 0 spiro atoms. The van der Waals surface area contributed by atoms with Crippen LogP contribution in [0.25, 0.3) is 0 Å². The molecular weight excluding hydrogens is 535 g/mol. The predicted octanol–water partition coefficient (Wildman–Crippen LogP) is 10.8. The molecule has 0 saturated heterocycles. The van der Waals surface area contributed by atoms with Crippen molar-refractivity contribution >= 4 is 19.2 Å². The molecule has 2 unspecified atom stereocenters. The van der Waals surface area contributed by atoms with Gasteiger partial charge in [0.25, 0.3) is 0 Å². The van der Waals surface area contributed by atoms with Crippen molar-refractivity contribution < 1.29 is 6.15 Å². The molecule has 2 aromatic carbocycles. The second-order valence-electron chi connectivity index (χ2n) is 10.2. The zero-order valence-electron chi connectivity index (χ0n) is 23.6. The van der Waals surface area contributed by atoms with Crippen LogP contribution < -0.4 is 6.15 Å². The molecule has 0 aromatic heterocycles. The third-order valence-corrected chi connectivity index (χ3v) is 17.1. The van der Waals surface area contributed by atoms with Gasteiger partial charge in [0.2, 0.25) is 0 Å². The molecule has 0 aliphatic carbocycles. The van der Waals surface area contributed by atoms with Crippen LogP contribution in [-0.4, -0.2) is 19.2 Å². The summed E-state index contributed by atoms with van der Waals surface area (Å²) in [5.74, 6) is 3.32. The Morgan fingerprint density at radius 2 is 0.971 bits per heavy atom. The Morgan fingerprint density at radius 3 is 1.31 bits per heavy atom. The van der Waals surface area contributed by atoms with E-state index in [2.05, 4.69) is 90.1 Å².